The van der Waals surface area contributed by atoms with Gasteiger partial charge in [-0.1, -0.05) is 24.3 Å². The van der Waals surface area contributed by atoms with Gasteiger partial charge in [-0.15, -0.1) is 0 Å². The van der Waals surface area contributed by atoms with Crippen molar-refractivity contribution >= 4 is 16.6 Å². The number of ketones is 1. The quantitative estimate of drug-likeness (QED) is 0.499. The first-order chi connectivity index (χ1) is 16.6. The summed E-state index contributed by atoms with van der Waals surface area (Å²) < 4.78 is 12.0. The molecule has 3 heterocycles. The normalized spacial score (nSPS) is 23.9. The molecule has 3 fully saturated rings. The number of fused-ring (bicyclic) bond motifs is 1. The van der Waals surface area contributed by atoms with E-state index in [0.717, 1.165) is 38.1 Å². The van der Waals surface area contributed by atoms with E-state index in [-0.39, 0.29) is 18.0 Å². The third-order valence-electron chi connectivity index (χ3n) is 7.67. The van der Waals surface area contributed by atoms with E-state index >= 15 is 0 Å². The van der Waals surface area contributed by atoms with Crippen molar-refractivity contribution in [3.8, 4) is 16.9 Å². The van der Waals surface area contributed by atoms with E-state index in [2.05, 4.69) is 58.4 Å². The smallest absolute Gasteiger partial charge is 0.158 e. The topological polar surface area (TPSA) is 51.7 Å². The first kappa shape index (κ1) is 21.8. The zero-order valence-electron chi connectivity index (χ0n) is 19.8. The van der Waals surface area contributed by atoms with E-state index < -0.39 is 0 Å². The van der Waals surface area contributed by atoms with Crippen molar-refractivity contribution in [3.05, 3.63) is 60.4 Å². The number of Topliss-reactive ketones (excluding diaryl/α,β-unsaturated/α-hetero) is 1. The number of hydrogen-bond donors (Lipinski definition) is 0. The lowest BCUT2D eigenvalue weighted by molar-refractivity contribution is -0.125. The molecule has 1 aliphatic carbocycles. The monoisotopic (exact) mass is 456 g/mol. The second kappa shape index (κ2) is 9.12. The van der Waals surface area contributed by atoms with Crippen molar-refractivity contribution in [1.82, 2.24) is 9.88 Å². The van der Waals surface area contributed by atoms with Crippen LogP contribution in [0.25, 0.3) is 21.9 Å². The molecule has 0 bridgehead atoms. The van der Waals surface area contributed by atoms with Crippen LogP contribution in [0.15, 0.2) is 54.7 Å². The van der Waals surface area contributed by atoms with Gasteiger partial charge in [-0.2, -0.15) is 0 Å². The molecule has 176 valence electrons. The molecule has 3 aromatic rings. The number of ether oxygens (including phenoxy) is 2. The molecule has 0 N–H and O–H groups in total. The number of rotatable bonds is 6. The van der Waals surface area contributed by atoms with Gasteiger partial charge >= 0.3 is 0 Å². The van der Waals surface area contributed by atoms with Crippen molar-refractivity contribution in [2.45, 2.75) is 63.2 Å². The van der Waals surface area contributed by atoms with Crippen LogP contribution in [0.3, 0.4) is 0 Å². The summed E-state index contributed by atoms with van der Waals surface area (Å²) in [5.41, 5.74) is 3.69. The molecule has 34 heavy (non-hydrogen) atoms. The molecule has 6 rings (SSSR count). The van der Waals surface area contributed by atoms with Gasteiger partial charge in [0.05, 0.1) is 12.3 Å². The molecule has 1 aromatic heterocycles. The summed E-state index contributed by atoms with van der Waals surface area (Å²) in [6, 6.07) is 17.7. The van der Waals surface area contributed by atoms with Crippen molar-refractivity contribution in [2.75, 3.05) is 19.7 Å². The van der Waals surface area contributed by atoms with Crippen molar-refractivity contribution in [2.24, 2.45) is 0 Å². The Hall–Kier alpha value is -2.76. The summed E-state index contributed by atoms with van der Waals surface area (Å²) in [5.74, 6) is 1.73. The molecule has 0 amide bonds. The second-order valence-corrected chi connectivity index (χ2v) is 10.1. The van der Waals surface area contributed by atoms with Crippen LogP contribution in [0.4, 0.5) is 0 Å². The minimum absolute atomic E-state index is 0.146. The van der Waals surface area contributed by atoms with E-state index in [9.17, 15) is 4.79 Å². The Morgan fingerprint density at radius 2 is 1.76 bits per heavy atom. The van der Waals surface area contributed by atoms with Gasteiger partial charge in [-0.05, 0) is 79.8 Å². The summed E-state index contributed by atoms with van der Waals surface area (Å²) in [7, 11) is 0. The first-order valence-electron chi connectivity index (χ1n) is 12.7. The number of hydrogen-bond acceptors (Lipinski definition) is 5. The summed E-state index contributed by atoms with van der Waals surface area (Å²) in [5, 5.41) is 2.56. The van der Waals surface area contributed by atoms with Gasteiger partial charge in [0.2, 0.25) is 0 Å². The predicted octanol–water partition coefficient (Wildman–Crippen LogP) is 5.37. The number of carbonyl (C=O) groups excluding carboxylic acids is 1. The zero-order chi connectivity index (χ0) is 23.1. The molecular weight excluding hydrogens is 424 g/mol. The summed E-state index contributed by atoms with van der Waals surface area (Å²) >= 11 is 0. The van der Waals surface area contributed by atoms with Crippen molar-refractivity contribution in [1.29, 1.82) is 0 Å². The lowest BCUT2D eigenvalue weighted by Crippen LogP contribution is -2.44. The van der Waals surface area contributed by atoms with Crippen LogP contribution in [0.1, 0.15) is 50.6 Å². The third-order valence-corrected chi connectivity index (χ3v) is 7.67. The summed E-state index contributed by atoms with van der Waals surface area (Å²) in [6.07, 6.45) is 7.35. The van der Waals surface area contributed by atoms with E-state index in [0.29, 0.717) is 18.6 Å². The fourth-order valence-electron chi connectivity index (χ4n) is 5.49. The van der Waals surface area contributed by atoms with Gasteiger partial charge in [-0.25, -0.2) is 0 Å². The van der Waals surface area contributed by atoms with Crippen LogP contribution in [0.5, 0.6) is 5.75 Å². The first-order valence-corrected chi connectivity index (χ1v) is 12.7. The number of benzene rings is 2. The molecule has 1 saturated carbocycles. The fourth-order valence-corrected chi connectivity index (χ4v) is 5.49. The van der Waals surface area contributed by atoms with E-state index in [1.54, 1.807) is 6.92 Å². The molecule has 2 aromatic carbocycles. The summed E-state index contributed by atoms with van der Waals surface area (Å²) in [6.45, 7) is 4.29. The van der Waals surface area contributed by atoms with Gasteiger partial charge in [0.15, 0.2) is 5.78 Å². The lowest BCUT2D eigenvalue weighted by Gasteiger charge is -2.35. The van der Waals surface area contributed by atoms with Gasteiger partial charge in [0.25, 0.3) is 0 Å². The highest BCUT2D eigenvalue weighted by Crippen LogP contribution is 2.42. The van der Waals surface area contributed by atoms with E-state index in [1.807, 2.05) is 6.20 Å². The van der Waals surface area contributed by atoms with E-state index in [1.165, 1.54) is 40.4 Å². The maximum absolute atomic E-state index is 11.6. The Kier molecular flexibility index (Phi) is 5.84. The average molecular weight is 457 g/mol. The number of piperidine rings is 1. The van der Waals surface area contributed by atoms with Gasteiger partial charge in [-0.3, -0.25) is 14.7 Å². The number of nitrogens with zero attached hydrogens (tertiary/aromatic N) is 2. The zero-order valence-corrected chi connectivity index (χ0v) is 19.8. The van der Waals surface area contributed by atoms with Gasteiger partial charge in [0, 0.05) is 36.6 Å². The molecule has 5 nitrogen and oxygen atoms in total. The number of aromatic nitrogens is 1. The van der Waals surface area contributed by atoms with Crippen LogP contribution < -0.4 is 4.74 Å². The molecular formula is C29H32N2O3. The highest BCUT2D eigenvalue weighted by atomic mass is 16.5. The number of pyridine rings is 1. The Morgan fingerprint density at radius 1 is 1.00 bits per heavy atom. The molecule has 2 aliphatic heterocycles. The van der Waals surface area contributed by atoms with Gasteiger partial charge in [0.1, 0.15) is 18.0 Å². The maximum Gasteiger partial charge on any atom is 0.158 e. The van der Waals surface area contributed by atoms with E-state index in [4.69, 9.17) is 9.47 Å². The lowest BCUT2D eigenvalue weighted by atomic mass is 10.00. The SMILES string of the molecule is CC(=O)[C@H]1CC(N2CCC(Oc3ccc(-c4ccc5c(C6CC6)nccc5c4)cc3)CC2)CO1. The molecule has 2 atom stereocenters. The Balaban J connectivity index is 1.07. The minimum Gasteiger partial charge on any atom is -0.490 e. The predicted molar refractivity (Wildman–Crippen MR) is 133 cm³/mol. The largest absolute Gasteiger partial charge is 0.490 e. The third kappa shape index (κ3) is 4.47. The standard InChI is InChI=1S/C29H32N2O3/c1-19(32)28-17-24(18-33-28)31-14-11-26(12-15-31)34-25-7-4-20(5-8-25)22-6-9-27-23(16-22)10-13-30-29(27)21-2-3-21/h4-10,13,16,21,24,26,28H,2-3,11-12,14-15,17-18H2,1H3/t24?,28-/m1/s1. The van der Waals surface area contributed by atoms with Crippen LogP contribution in [0.2, 0.25) is 0 Å². The molecule has 0 radical (unpaired) electrons. The Morgan fingerprint density at radius 3 is 2.47 bits per heavy atom. The Labute approximate surface area is 201 Å². The summed E-state index contributed by atoms with van der Waals surface area (Å²) in [4.78, 5) is 18.7. The molecule has 3 aliphatic rings. The van der Waals surface area contributed by atoms with Crippen molar-refractivity contribution < 1.29 is 14.3 Å². The molecule has 1 unspecified atom stereocenters. The van der Waals surface area contributed by atoms with Crippen LogP contribution in [-0.4, -0.2) is 53.6 Å². The van der Waals surface area contributed by atoms with Crippen LogP contribution in [0, 0.1) is 0 Å². The molecule has 0 spiro atoms. The Bertz CT molecular complexity index is 1180. The van der Waals surface area contributed by atoms with Crippen molar-refractivity contribution in [3.63, 3.8) is 0 Å². The highest BCUT2D eigenvalue weighted by Gasteiger charge is 2.34. The fraction of sp³-hybridized carbons (Fsp3) is 0.448. The maximum atomic E-state index is 11.6. The molecule has 2 saturated heterocycles. The minimum atomic E-state index is -0.211. The average Bonchev–Trinajstić information content (AvgIpc) is 3.59. The van der Waals surface area contributed by atoms with Crippen LogP contribution >= 0.6 is 0 Å². The number of carbonyl (C=O) groups is 1. The number of likely N-dealkylation sites (tertiary alicyclic amines) is 1. The highest BCUT2D eigenvalue weighted by molar-refractivity contribution is 5.89. The molecule has 5 heteroatoms. The van der Waals surface area contributed by atoms with Gasteiger partial charge < -0.3 is 9.47 Å². The van der Waals surface area contributed by atoms with Crippen LogP contribution in [-0.2, 0) is 9.53 Å². The second-order valence-electron chi connectivity index (χ2n) is 10.1.